The molecule has 0 fully saturated rings. The topological polar surface area (TPSA) is 73.8 Å². The van der Waals surface area contributed by atoms with Crippen LogP contribution in [-0.2, 0) is 13.2 Å². The van der Waals surface area contributed by atoms with E-state index in [0.29, 0.717) is 25.3 Å². The molecule has 0 aliphatic rings. The second kappa shape index (κ2) is 10.4. The summed E-state index contributed by atoms with van der Waals surface area (Å²) in [6, 6.07) is 1.38. The van der Waals surface area contributed by atoms with Gasteiger partial charge in [-0.25, -0.2) is 0 Å². The van der Waals surface area contributed by atoms with Crippen LogP contribution < -0.4 is 9.79 Å². The Morgan fingerprint density at radius 2 is 1.14 bits per heavy atom. The average molecular weight is 370 g/mol. The molecule has 0 amide bonds. The highest BCUT2D eigenvalue weighted by molar-refractivity contribution is 7.45. The molecule has 5 nitrogen and oxygen atoms in total. The van der Waals surface area contributed by atoms with Crippen LogP contribution >= 0.6 is 16.0 Å². The van der Waals surface area contributed by atoms with Crippen molar-refractivity contribution < 1.29 is 22.9 Å². The molecular weight excluding hydrogens is 342 g/mol. The van der Waals surface area contributed by atoms with Crippen molar-refractivity contribution in [3.63, 3.8) is 0 Å². The van der Waals surface area contributed by atoms with E-state index in [4.69, 9.17) is 13.2 Å². The van der Waals surface area contributed by atoms with Crippen molar-refractivity contribution in [2.45, 2.75) is 52.1 Å². The Bertz CT molecular complexity index is 339. The molecule has 0 bridgehead atoms. The molecule has 0 rings (SSSR count). The van der Waals surface area contributed by atoms with E-state index in [0.717, 1.165) is 0 Å². The molecule has 0 aliphatic carbocycles. The van der Waals surface area contributed by atoms with Crippen LogP contribution in [0.25, 0.3) is 0 Å². The van der Waals surface area contributed by atoms with E-state index in [9.17, 15) is 9.79 Å². The molecule has 0 aromatic rings. The van der Waals surface area contributed by atoms with Crippen LogP contribution in [-0.4, -0.2) is 41.4 Å². The first-order valence-electron chi connectivity index (χ1n) is 7.17. The van der Waals surface area contributed by atoms with E-state index in [1.54, 1.807) is 11.6 Å². The van der Waals surface area contributed by atoms with E-state index < -0.39 is 32.6 Å². The van der Waals surface area contributed by atoms with Crippen LogP contribution in [0, 0.1) is 0 Å². The minimum atomic E-state index is -1.93. The van der Waals surface area contributed by atoms with Gasteiger partial charge in [-0.3, -0.25) is 0 Å². The summed E-state index contributed by atoms with van der Waals surface area (Å²) >= 11 is 0. The fourth-order valence-corrected chi connectivity index (χ4v) is 13.9. The maximum Gasteiger partial charge on any atom is 0.216 e. The zero-order chi connectivity index (χ0) is 16.5. The van der Waals surface area contributed by atoms with Crippen LogP contribution in [0.3, 0.4) is 0 Å². The quantitative estimate of drug-likeness (QED) is 0.436. The molecule has 0 saturated heterocycles. The summed E-state index contributed by atoms with van der Waals surface area (Å²) in [5.41, 5.74) is 0. The van der Waals surface area contributed by atoms with Gasteiger partial charge < -0.3 is 13.9 Å². The largest absolute Gasteiger partial charge is 0.603 e. The summed E-state index contributed by atoms with van der Waals surface area (Å²) in [4.78, 5) is 23.1. The van der Waals surface area contributed by atoms with Crippen molar-refractivity contribution in [3.05, 3.63) is 0 Å². The summed E-state index contributed by atoms with van der Waals surface area (Å²) in [5, 5.41) is 0. The van der Waals surface area contributed by atoms with Gasteiger partial charge in [0.25, 0.3) is 0 Å². The van der Waals surface area contributed by atoms with Crippen LogP contribution in [0.1, 0.15) is 13.8 Å². The van der Waals surface area contributed by atoms with Gasteiger partial charge in [0.15, 0.2) is 16.6 Å². The molecule has 0 aliphatic heterocycles. The zero-order valence-electron chi connectivity index (χ0n) is 13.9. The second-order valence-electron chi connectivity index (χ2n) is 5.80. The highest BCUT2D eigenvalue weighted by Crippen LogP contribution is 2.24. The van der Waals surface area contributed by atoms with Crippen LogP contribution in [0.15, 0.2) is 0 Å². The van der Waals surface area contributed by atoms with Gasteiger partial charge in [-0.05, 0) is 40.0 Å². The second-order valence-corrected chi connectivity index (χ2v) is 16.9. The van der Waals surface area contributed by atoms with Gasteiger partial charge in [0.2, 0.25) is 16.0 Å². The molecule has 0 heterocycles. The van der Waals surface area contributed by atoms with Crippen molar-refractivity contribution in [3.8, 4) is 0 Å². The lowest BCUT2D eigenvalue weighted by Gasteiger charge is -2.31. The van der Waals surface area contributed by atoms with Crippen molar-refractivity contribution >= 4 is 44.2 Å². The Hall–Kier alpha value is 0.574. The Morgan fingerprint density at radius 1 is 0.810 bits per heavy atom. The van der Waals surface area contributed by atoms with Crippen molar-refractivity contribution in [1.82, 2.24) is 0 Å². The first-order chi connectivity index (χ1) is 9.62. The van der Waals surface area contributed by atoms with E-state index >= 15 is 0 Å². The molecule has 0 aromatic heterocycles. The molecule has 124 valence electrons. The van der Waals surface area contributed by atoms with Gasteiger partial charge in [-0.15, -0.1) is 0 Å². The molecule has 2 atom stereocenters. The average Bonchev–Trinajstić information content (AvgIpc) is 2.34. The molecule has 0 radical (unpaired) electrons. The standard InChI is InChI=1S/C12H28O5P2Si2/c1-7-15-18(13)9-11-20(3,4)17-21(5,6)12-10-19(14)16-8-2/h9-10H,7-8,11-12H2,1-6H3. The number of hydrogen-bond donors (Lipinski definition) is 0. The lowest BCUT2D eigenvalue weighted by atomic mass is 10.9. The molecule has 0 saturated carbocycles. The van der Waals surface area contributed by atoms with Gasteiger partial charge in [0.05, 0.1) is 13.2 Å². The van der Waals surface area contributed by atoms with Crippen molar-refractivity contribution in [1.29, 1.82) is 0 Å². The molecule has 0 aromatic carbocycles. The summed E-state index contributed by atoms with van der Waals surface area (Å²) in [7, 11) is -7.25. The van der Waals surface area contributed by atoms with Crippen LogP contribution in [0.4, 0.5) is 0 Å². The molecule has 9 heteroatoms. The maximum atomic E-state index is 11.5. The van der Waals surface area contributed by atoms with Gasteiger partial charge in [-0.2, -0.15) is 9.05 Å². The Labute approximate surface area is 133 Å². The summed E-state index contributed by atoms with van der Waals surface area (Å²) in [5.74, 6) is 3.44. The van der Waals surface area contributed by atoms with Crippen molar-refractivity contribution in [2.75, 3.05) is 13.2 Å². The van der Waals surface area contributed by atoms with Gasteiger partial charge in [0.1, 0.15) is 11.6 Å². The van der Waals surface area contributed by atoms with Crippen molar-refractivity contribution in [2.24, 2.45) is 0 Å². The van der Waals surface area contributed by atoms with E-state index in [-0.39, 0.29) is 0 Å². The summed E-state index contributed by atoms with van der Waals surface area (Å²) in [6.45, 7) is 13.0. The maximum absolute atomic E-state index is 11.5. The zero-order valence-corrected chi connectivity index (χ0v) is 17.7. The minimum Gasteiger partial charge on any atom is -0.603 e. The summed E-state index contributed by atoms with van der Waals surface area (Å²) < 4.78 is 16.4. The third-order valence-corrected chi connectivity index (χ3v) is 12.0. The smallest absolute Gasteiger partial charge is 0.216 e. The third kappa shape index (κ3) is 11.8. The molecule has 0 spiro atoms. The van der Waals surface area contributed by atoms with E-state index in [2.05, 4.69) is 26.2 Å². The highest BCUT2D eigenvalue weighted by atomic mass is 31.1. The summed E-state index contributed by atoms with van der Waals surface area (Å²) in [6.07, 6.45) is 0. The van der Waals surface area contributed by atoms with E-state index in [1.165, 1.54) is 0 Å². The SMILES string of the molecule is CCO/[P+]([O-])=C/C[Si](C)(C)O[Si](C)(C)C/C=[P+](\[O-])OCC. The Balaban J connectivity index is 4.53. The lowest BCUT2D eigenvalue weighted by molar-refractivity contribution is -0.172. The fourth-order valence-electron chi connectivity index (χ4n) is 1.78. The predicted molar refractivity (Wildman–Crippen MR) is 94.9 cm³/mol. The first kappa shape index (κ1) is 21.6. The van der Waals surface area contributed by atoms with E-state index in [1.807, 2.05) is 13.8 Å². The predicted octanol–water partition coefficient (Wildman–Crippen LogP) is 2.44. The molecule has 0 N–H and O–H groups in total. The fraction of sp³-hybridized carbons (Fsp3) is 0.833. The molecular formula is C12H28O5P2Si2. The molecule has 2 unspecified atom stereocenters. The van der Waals surface area contributed by atoms with Gasteiger partial charge >= 0.3 is 0 Å². The van der Waals surface area contributed by atoms with Gasteiger partial charge in [0, 0.05) is 12.1 Å². The Kier molecular flexibility index (Phi) is 10.7. The van der Waals surface area contributed by atoms with Crippen LogP contribution in [0.5, 0.6) is 0 Å². The normalized spacial score (nSPS) is 14.7. The van der Waals surface area contributed by atoms with Gasteiger partial charge in [-0.1, -0.05) is 0 Å². The number of rotatable bonds is 10. The monoisotopic (exact) mass is 370 g/mol. The van der Waals surface area contributed by atoms with Crippen LogP contribution in [0.2, 0.25) is 38.3 Å². The lowest BCUT2D eigenvalue weighted by Crippen LogP contribution is -2.44. The third-order valence-electron chi connectivity index (χ3n) is 2.53. The molecule has 21 heavy (non-hydrogen) atoms. The highest BCUT2D eigenvalue weighted by Gasteiger charge is 2.33. The Morgan fingerprint density at radius 3 is 1.43 bits per heavy atom. The minimum absolute atomic E-state index is 0.453. The first-order valence-corrected chi connectivity index (χ1v) is 15.9. The number of hydrogen-bond acceptors (Lipinski definition) is 5.